The van der Waals surface area contributed by atoms with E-state index in [-0.39, 0.29) is 18.6 Å². The van der Waals surface area contributed by atoms with Crippen molar-refractivity contribution in [1.29, 1.82) is 0 Å². The molecule has 0 aliphatic carbocycles. The molecule has 1 aliphatic heterocycles. The molecule has 0 saturated carbocycles. The Bertz CT molecular complexity index is 941. The van der Waals surface area contributed by atoms with Gasteiger partial charge in [0.1, 0.15) is 6.23 Å². The molecule has 8 heteroatoms. The molecule has 0 bridgehead atoms. The highest BCUT2D eigenvalue weighted by Crippen LogP contribution is 2.30. The number of amides is 1. The average molecular weight is 405 g/mol. The van der Waals surface area contributed by atoms with E-state index in [1.54, 1.807) is 37.3 Å². The highest BCUT2D eigenvalue weighted by Gasteiger charge is 2.35. The van der Waals surface area contributed by atoms with Gasteiger partial charge in [0.05, 0.1) is 12.3 Å². The van der Waals surface area contributed by atoms with Crippen LogP contribution >= 0.6 is 0 Å². The number of aryl methyl sites for hydroxylation is 1. The number of rotatable bonds is 6. The van der Waals surface area contributed by atoms with Crippen LogP contribution in [0.5, 0.6) is 0 Å². The number of allylic oxidation sites excluding steroid dienone is 2. The summed E-state index contributed by atoms with van der Waals surface area (Å²) in [5.41, 5.74) is 1.23. The second-order valence-corrected chi connectivity index (χ2v) is 6.69. The Labute approximate surface area is 166 Å². The Morgan fingerprint density at radius 2 is 2.10 bits per heavy atom. The van der Waals surface area contributed by atoms with E-state index in [2.05, 4.69) is 10.4 Å². The number of nitrogens with zero attached hydrogens (tertiary/aromatic N) is 2. The fourth-order valence-electron chi connectivity index (χ4n) is 2.90. The smallest absolute Gasteiger partial charge is 0.358 e. The average Bonchev–Trinajstić information content (AvgIpc) is 3.06. The summed E-state index contributed by atoms with van der Waals surface area (Å²) >= 11 is 0. The molecule has 154 valence electrons. The number of benzene rings is 1. The van der Waals surface area contributed by atoms with Crippen LogP contribution in [0.15, 0.2) is 54.1 Å². The molecule has 1 aliphatic rings. The quantitative estimate of drug-likeness (QED) is 0.581. The Kier molecular flexibility index (Phi) is 6.22. The van der Waals surface area contributed by atoms with E-state index in [0.29, 0.717) is 23.6 Å². The van der Waals surface area contributed by atoms with Gasteiger partial charge in [-0.25, -0.2) is 4.68 Å². The summed E-state index contributed by atoms with van der Waals surface area (Å²) in [5, 5.41) is 6.51. The van der Waals surface area contributed by atoms with Crippen LogP contribution in [-0.4, -0.2) is 28.5 Å². The van der Waals surface area contributed by atoms with Crippen molar-refractivity contribution in [3.63, 3.8) is 0 Å². The summed E-state index contributed by atoms with van der Waals surface area (Å²) in [6.07, 6.45) is 1.03. The van der Waals surface area contributed by atoms with E-state index in [4.69, 9.17) is 4.74 Å². The summed E-state index contributed by atoms with van der Waals surface area (Å²) in [6, 6.07) is 8.14. The van der Waals surface area contributed by atoms with Gasteiger partial charge in [0, 0.05) is 24.1 Å². The minimum Gasteiger partial charge on any atom is -0.358 e. The molecule has 0 spiro atoms. The van der Waals surface area contributed by atoms with Gasteiger partial charge < -0.3 is 10.1 Å². The number of nitrogens with one attached hydrogen (secondary N) is 1. The van der Waals surface area contributed by atoms with Crippen molar-refractivity contribution in [2.24, 2.45) is 0 Å². The Morgan fingerprint density at radius 1 is 1.38 bits per heavy atom. The lowest BCUT2D eigenvalue weighted by Gasteiger charge is -2.27. The van der Waals surface area contributed by atoms with Crippen LogP contribution in [0.1, 0.15) is 30.3 Å². The molecule has 5 nitrogen and oxygen atoms in total. The van der Waals surface area contributed by atoms with E-state index in [1.165, 1.54) is 4.68 Å². The molecular weight excluding hydrogens is 383 g/mol. The normalized spacial score (nSPS) is 17.4. The van der Waals surface area contributed by atoms with Crippen LogP contribution in [-0.2, 0) is 22.1 Å². The first kappa shape index (κ1) is 20.9. The zero-order valence-electron chi connectivity index (χ0n) is 16.2. The molecule has 1 amide bonds. The highest BCUT2D eigenvalue weighted by molar-refractivity contribution is 5.96. The minimum atomic E-state index is -4.54. The number of hydrogen-bond donors (Lipinski definition) is 1. The van der Waals surface area contributed by atoms with Gasteiger partial charge in [0.15, 0.2) is 5.69 Å². The molecule has 0 radical (unpaired) electrons. The third kappa shape index (κ3) is 4.95. The van der Waals surface area contributed by atoms with Crippen LogP contribution in [0.3, 0.4) is 0 Å². The lowest BCUT2D eigenvalue weighted by atomic mass is 10.1. The molecule has 1 fully saturated rings. The second-order valence-electron chi connectivity index (χ2n) is 6.69. The molecule has 1 unspecified atom stereocenters. The number of ether oxygens (including phenoxy) is 1. The molecule has 1 aromatic heterocycles. The molecule has 29 heavy (non-hydrogen) atoms. The van der Waals surface area contributed by atoms with Crippen LogP contribution in [0.2, 0.25) is 0 Å². The number of halogens is 3. The summed E-state index contributed by atoms with van der Waals surface area (Å²) in [7, 11) is 0. The fourth-order valence-corrected chi connectivity index (χ4v) is 2.90. The monoisotopic (exact) mass is 405 g/mol. The number of hydrogen-bond acceptors (Lipinski definition) is 3. The topological polar surface area (TPSA) is 56.2 Å². The predicted molar refractivity (Wildman–Crippen MR) is 102 cm³/mol. The lowest BCUT2D eigenvalue weighted by molar-refractivity contribution is -0.141. The van der Waals surface area contributed by atoms with Crippen molar-refractivity contribution in [3.05, 3.63) is 71.1 Å². The summed E-state index contributed by atoms with van der Waals surface area (Å²) in [5.74, 6) is -0.281. The van der Waals surface area contributed by atoms with E-state index in [1.807, 2.05) is 19.1 Å². The van der Waals surface area contributed by atoms with Gasteiger partial charge in [-0.1, -0.05) is 36.4 Å². The number of carbonyl (C=O) groups excluding carboxylic acids is 1. The highest BCUT2D eigenvalue weighted by atomic mass is 19.4. The van der Waals surface area contributed by atoms with Gasteiger partial charge in [0.2, 0.25) is 0 Å². The minimum absolute atomic E-state index is 0.183. The van der Waals surface area contributed by atoms with Crippen molar-refractivity contribution < 1.29 is 22.7 Å². The number of carbonyl (C=O) groups is 1. The van der Waals surface area contributed by atoms with Crippen LogP contribution in [0.4, 0.5) is 13.2 Å². The van der Waals surface area contributed by atoms with Crippen molar-refractivity contribution >= 4 is 5.91 Å². The zero-order valence-corrected chi connectivity index (χ0v) is 16.2. The fraction of sp³-hybridized carbons (Fsp3) is 0.333. The first-order chi connectivity index (χ1) is 13.8. The zero-order chi connectivity index (χ0) is 21.0. The molecule has 1 saturated heterocycles. The van der Waals surface area contributed by atoms with Crippen LogP contribution in [0.25, 0.3) is 5.69 Å². The van der Waals surface area contributed by atoms with E-state index < -0.39 is 11.9 Å². The number of alkyl halides is 3. The van der Waals surface area contributed by atoms with Crippen molar-refractivity contribution in [1.82, 2.24) is 15.1 Å². The first-order valence-electron chi connectivity index (χ1n) is 9.27. The largest absolute Gasteiger partial charge is 0.435 e. The summed E-state index contributed by atoms with van der Waals surface area (Å²) in [6.45, 7) is 4.16. The van der Waals surface area contributed by atoms with Crippen LogP contribution < -0.4 is 5.32 Å². The summed E-state index contributed by atoms with van der Waals surface area (Å²) in [4.78, 5) is 12.2. The van der Waals surface area contributed by atoms with Crippen molar-refractivity contribution in [2.45, 2.75) is 39.1 Å². The molecular formula is C21H22F3N3O2. The molecule has 2 heterocycles. The summed E-state index contributed by atoms with van der Waals surface area (Å²) < 4.78 is 46.1. The Balaban J connectivity index is 1.82. The maximum Gasteiger partial charge on any atom is 0.435 e. The Morgan fingerprint density at radius 3 is 2.69 bits per heavy atom. The van der Waals surface area contributed by atoms with Gasteiger partial charge in [-0.15, -0.1) is 0 Å². The van der Waals surface area contributed by atoms with Gasteiger partial charge in [0.25, 0.3) is 5.91 Å². The lowest BCUT2D eigenvalue weighted by Crippen LogP contribution is -2.44. The first-order valence-corrected chi connectivity index (χ1v) is 9.27. The Hall–Kier alpha value is -2.87. The van der Waals surface area contributed by atoms with Gasteiger partial charge in [-0.2, -0.15) is 18.3 Å². The van der Waals surface area contributed by atoms with Crippen LogP contribution in [0, 0.1) is 6.92 Å². The van der Waals surface area contributed by atoms with E-state index in [9.17, 15) is 18.0 Å². The van der Waals surface area contributed by atoms with E-state index in [0.717, 1.165) is 18.1 Å². The maximum absolute atomic E-state index is 13.2. The van der Waals surface area contributed by atoms with E-state index >= 15 is 0 Å². The maximum atomic E-state index is 13.2. The SMILES string of the molecule is C/C=C(\C=C/Cc1cc(C(F)(F)F)nn1-c1ccccc1C)C(=O)NC1CCO1. The second kappa shape index (κ2) is 8.65. The molecule has 2 aromatic rings. The number of aromatic nitrogens is 2. The predicted octanol–water partition coefficient (Wildman–Crippen LogP) is 4.11. The van der Waals surface area contributed by atoms with Gasteiger partial charge in [-0.3, -0.25) is 4.79 Å². The third-order valence-electron chi connectivity index (χ3n) is 4.61. The molecule has 1 aromatic carbocycles. The standard InChI is InChI=1S/C21H22F3N3O2/c1-3-15(20(28)25-19-11-12-29-19)8-6-9-16-13-18(21(22,23)24)26-27(16)17-10-5-4-7-14(17)2/h3-8,10,13,19H,9,11-12H2,1-2H3,(H,25,28)/b8-6-,15-3+. The van der Waals surface area contributed by atoms with Crippen molar-refractivity contribution in [3.8, 4) is 5.69 Å². The third-order valence-corrected chi connectivity index (χ3v) is 4.61. The van der Waals surface area contributed by atoms with Crippen molar-refractivity contribution in [2.75, 3.05) is 6.61 Å². The molecule has 1 N–H and O–H groups in total. The van der Waals surface area contributed by atoms with Gasteiger partial charge >= 0.3 is 6.18 Å². The molecule has 1 atom stereocenters. The number of para-hydroxylation sites is 1. The van der Waals surface area contributed by atoms with Gasteiger partial charge in [-0.05, 0) is 31.5 Å². The molecule has 3 rings (SSSR count).